The predicted octanol–water partition coefficient (Wildman–Crippen LogP) is 1.59. The maximum atomic E-state index is 12.4. The molecule has 1 aromatic carbocycles. The van der Waals surface area contributed by atoms with Crippen molar-refractivity contribution in [3.8, 4) is 6.07 Å². The zero-order valence-corrected chi connectivity index (χ0v) is 14.4. The molecule has 0 bridgehead atoms. The first-order chi connectivity index (χ1) is 11.7. The van der Waals surface area contributed by atoms with Gasteiger partial charge in [0.1, 0.15) is 6.04 Å². The van der Waals surface area contributed by atoms with Crippen molar-refractivity contribution in [1.82, 2.24) is 20.9 Å². The van der Waals surface area contributed by atoms with Crippen LogP contribution in [0.3, 0.4) is 0 Å². The monoisotopic (exact) mass is 343 g/mol. The minimum atomic E-state index is -0.505. The van der Waals surface area contributed by atoms with Crippen LogP contribution in [0.5, 0.6) is 0 Å². The third-order valence-corrected chi connectivity index (χ3v) is 3.86. The summed E-state index contributed by atoms with van der Waals surface area (Å²) in [6.45, 7) is 2.95. The lowest BCUT2D eigenvalue weighted by molar-refractivity contribution is -0.122. The molecular weight excluding hydrogens is 322 g/mol. The molecule has 2 rings (SSSR count). The van der Waals surface area contributed by atoms with E-state index < -0.39 is 6.04 Å². The summed E-state index contributed by atoms with van der Waals surface area (Å²) < 4.78 is 0. The molecule has 24 heavy (non-hydrogen) atoms. The summed E-state index contributed by atoms with van der Waals surface area (Å²) in [6.07, 6.45) is 2.69. The van der Waals surface area contributed by atoms with E-state index in [1.165, 1.54) is 0 Å². The molecule has 0 radical (unpaired) electrons. The highest BCUT2D eigenvalue weighted by Crippen LogP contribution is 2.19. The standard InChI is InChI=1S/C17H21N5OS/c1-2-19-17(24)22-15(16(23)20-9-5-8-18)10-12-11-21-14-7-4-3-6-13(12)14/h3-4,6-7,11,15,21H,2,5,9-10H2,1H3,(H,20,23)(H2,19,22,24). The third-order valence-electron chi connectivity index (χ3n) is 3.59. The van der Waals surface area contributed by atoms with Crippen molar-refractivity contribution in [2.75, 3.05) is 13.1 Å². The van der Waals surface area contributed by atoms with Crippen molar-refractivity contribution in [3.63, 3.8) is 0 Å². The highest BCUT2D eigenvalue weighted by atomic mass is 32.1. The van der Waals surface area contributed by atoms with Crippen molar-refractivity contribution in [1.29, 1.82) is 5.26 Å². The first kappa shape index (κ1) is 17.8. The lowest BCUT2D eigenvalue weighted by Gasteiger charge is -2.20. The molecule has 7 heteroatoms. The molecule has 1 atom stereocenters. The largest absolute Gasteiger partial charge is 0.363 e. The number of nitriles is 1. The number of benzene rings is 1. The molecule has 6 nitrogen and oxygen atoms in total. The van der Waals surface area contributed by atoms with E-state index in [1.807, 2.05) is 43.5 Å². The quantitative estimate of drug-likeness (QED) is 0.453. The number of rotatable bonds is 7. The van der Waals surface area contributed by atoms with Gasteiger partial charge in [0.2, 0.25) is 5.91 Å². The van der Waals surface area contributed by atoms with E-state index in [0.717, 1.165) is 16.5 Å². The van der Waals surface area contributed by atoms with E-state index in [4.69, 9.17) is 17.5 Å². The second kappa shape index (κ2) is 8.89. The van der Waals surface area contributed by atoms with Crippen LogP contribution in [0.4, 0.5) is 0 Å². The van der Waals surface area contributed by atoms with Gasteiger partial charge < -0.3 is 20.9 Å². The van der Waals surface area contributed by atoms with Crippen molar-refractivity contribution in [2.24, 2.45) is 0 Å². The van der Waals surface area contributed by atoms with Gasteiger partial charge in [-0.05, 0) is 30.8 Å². The fourth-order valence-corrected chi connectivity index (χ4v) is 2.75. The average Bonchev–Trinajstić information content (AvgIpc) is 2.98. The maximum Gasteiger partial charge on any atom is 0.242 e. The second-order valence-corrected chi connectivity index (χ2v) is 5.73. The first-order valence-electron chi connectivity index (χ1n) is 7.89. The maximum absolute atomic E-state index is 12.4. The minimum absolute atomic E-state index is 0.171. The Morgan fingerprint density at radius 3 is 2.92 bits per heavy atom. The van der Waals surface area contributed by atoms with Gasteiger partial charge in [0.25, 0.3) is 0 Å². The van der Waals surface area contributed by atoms with Crippen LogP contribution < -0.4 is 16.0 Å². The number of para-hydroxylation sites is 1. The van der Waals surface area contributed by atoms with Gasteiger partial charge in [-0.2, -0.15) is 5.26 Å². The van der Waals surface area contributed by atoms with Gasteiger partial charge in [-0.25, -0.2) is 0 Å². The summed E-state index contributed by atoms with van der Waals surface area (Å²) in [6, 6.07) is 9.47. The number of nitrogens with zero attached hydrogens (tertiary/aromatic N) is 1. The molecule has 0 fully saturated rings. The molecule has 0 aliphatic carbocycles. The number of carbonyl (C=O) groups excluding carboxylic acids is 1. The summed E-state index contributed by atoms with van der Waals surface area (Å²) in [5.41, 5.74) is 2.07. The van der Waals surface area contributed by atoms with Gasteiger partial charge in [0, 0.05) is 36.6 Å². The molecular formula is C17H21N5OS. The van der Waals surface area contributed by atoms with Crippen LogP contribution >= 0.6 is 12.2 Å². The first-order valence-corrected chi connectivity index (χ1v) is 8.30. The molecule has 1 amide bonds. The van der Waals surface area contributed by atoms with Crippen molar-refractivity contribution >= 4 is 34.1 Å². The Balaban J connectivity index is 2.13. The van der Waals surface area contributed by atoms with Crippen LogP contribution in [0.15, 0.2) is 30.5 Å². The van der Waals surface area contributed by atoms with Crippen LogP contribution in [-0.4, -0.2) is 35.1 Å². The SMILES string of the molecule is CCNC(=S)NC(Cc1c[nH]c2ccccc12)C(=O)NCCC#N. The lowest BCUT2D eigenvalue weighted by atomic mass is 10.0. The Bertz CT molecular complexity index is 749. The Morgan fingerprint density at radius 1 is 1.38 bits per heavy atom. The topological polar surface area (TPSA) is 92.7 Å². The van der Waals surface area contributed by atoms with Gasteiger partial charge in [-0.1, -0.05) is 18.2 Å². The minimum Gasteiger partial charge on any atom is -0.363 e. The molecule has 4 N–H and O–H groups in total. The molecule has 0 saturated heterocycles. The number of H-pyrrole nitrogens is 1. The fraction of sp³-hybridized carbons (Fsp3) is 0.353. The highest BCUT2D eigenvalue weighted by molar-refractivity contribution is 7.80. The van der Waals surface area contributed by atoms with E-state index in [-0.39, 0.29) is 12.3 Å². The zero-order valence-electron chi connectivity index (χ0n) is 13.6. The van der Waals surface area contributed by atoms with Crippen LogP contribution in [0.25, 0.3) is 10.9 Å². The Kier molecular flexibility index (Phi) is 6.58. The van der Waals surface area contributed by atoms with Gasteiger partial charge in [0.15, 0.2) is 5.11 Å². The summed E-state index contributed by atoms with van der Waals surface area (Å²) in [4.78, 5) is 15.7. The molecule has 0 saturated carbocycles. The number of amides is 1. The van der Waals surface area contributed by atoms with E-state index in [9.17, 15) is 4.79 Å². The predicted molar refractivity (Wildman–Crippen MR) is 98.4 cm³/mol. The molecule has 2 aromatic rings. The third kappa shape index (κ3) is 4.70. The Labute approximate surface area is 146 Å². The highest BCUT2D eigenvalue weighted by Gasteiger charge is 2.21. The molecule has 0 aliphatic heterocycles. The van der Waals surface area contributed by atoms with Crippen molar-refractivity contribution < 1.29 is 4.79 Å². The molecule has 0 spiro atoms. The van der Waals surface area contributed by atoms with E-state index in [2.05, 4.69) is 20.9 Å². The van der Waals surface area contributed by atoms with Crippen molar-refractivity contribution in [2.45, 2.75) is 25.8 Å². The summed E-state index contributed by atoms with van der Waals surface area (Å²) in [7, 11) is 0. The summed E-state index contributed by atoms with van der Waals surface area (Å²) >= 11 is 5.21. The van der Waals surface area contributed by atoms with Crippen LogP contribution in [0.1, 0.15) is 18.9 Å². The van der Waals surface area contributed by atoms with E-state index in [1.54, 1.807) is 0 Å². The van der Waals surface area contributed by atoms with E-state index >= 15 is 0 Å². The smallest absolute Gasteiger partial charge is 0.242 e. The lowest BCUT2D eigenvalue weighted by Crippen LogP contribution is -2.51. The molecule has 1 aromatic heterocycles. The number of fused-ring (bicyclic) bond motifs is 1. The van der Waals surface area contributed by atoms with Gasteiger partial charge in [0.05, 0.1) is 12.5 Å². The second-order valence-electron chi connectivity index (χ2n) is 5.32. The number of nitrogens with one attached hydrogen (secondary N) is 4. The Morgan fingerprint density at radius 2 is 2.17 bits per heavy atom. The molecule has 126 valence electrons. The van der Waals surface area contributed by atoms with Gasteiger partial charge in [-0.3, -0.25) is 4.79 Å². The summed E-state index contributed by atoms with van der Waals surface area (Å²) in [5, 5.41) is 19.0. The zero-order chi connectivity index (χ0) is 17.4. The van der Waals surface area contributed by atoms with Gasteiger partial charge >= 0.3 is 0 Å². The number of aromatic amines is 1. The van der Waals surface area contributed by atoms with Crippen LogP contribution in [0, 0.1) is 11.3 Å². The Hall–Kier alpha value is -2.59. The normalized spacial score (nSPS) is 11.5. The molecule has 0 aliphatic rings. The van der Waals surface area contributed by atoms with Gasteiger partial charge in [-0.15, -0.1) is 0 Å². The number of carbonyl (C=O) groups is 1. The average molecular weight is 343 g/mol. The fourth-order valence-electron chi connectivity index (χ4n) is 2.46. The van der Waals surface area contributed by atoms with E-state index in [0.29, 0.717) is 24.6 Å². The number of thiocarbonyl (C=S) groups is 1. The molecule has 1 unspecified atom stereocenters. The van der Waals surface area contributed by atoms with Crippen LogP contribution in [-0.2, 0) is 11.2 Å². The van der Waals surface area contributed by atoms with Crippen LogP contribution in [0.2, 0.25) is 0 Å². The number of hydrogen-bond donors (Lipinski definition) is 4. The number of aromatic nitrogens is 1. The summed E-state index contributed by atoms with van der Waals surface area (Å²) in [5.74, 6) is -0.171. The number of hydrogen-bond acceptors (Lipinski definition) is 3. The van der Waals surface area contributed by atoms with Crippen molar-refractivity contribution in [3.05, 3.63) is 36.0 Å². The molecule has 1 heterocycles.